The summed E-state index contributed by atoms with van der Waals surface area (Å²) >= 11 is 0. The van der Waals surface area contributed by atoms with Crippen LogP contribution in [0.25, 0.3) is 0 Å². The van der Waals surface area contributed by atoms with E-state index in [0.717, 1.165) is 12.0 Å². The summed E-state index contributed by atoms with van der Waals surface area (Å²) in [6.07, 6.45) is 3.24. The summed E-state index contributed by atoms with van der Waals surface area (Å²) < 4.78 is 5.39. The van der Waals surface area contributed by atoms with Gasteiger partial charge in [0.25, 0.3) is 5.91 Å². The fourth-order valence-corrected chi connectivity index (χ4v) is 2.08. The van der Waals surface area contributed by atoms with Crippen LogP contribution in [0.15, 0.2) is 29.4 Å². The predicted molar refractivity (Wildman–Crippen MR) is 102 cm³/mol. The Balaban J connectivity index is 2.26. The number of benzene rings is 1. The van der Waals surface area contributed by atoms with Crippen LogP contribution in [-0.4, -0.2) is 50.9 Å². The number of carbonyl (C=O) groups is 2. The van der Waals surface area contributed by atoms with Crippen LogP contribution < -0.4 is 26.1 Å². The molecule has 144 valence electrons. The topological polar surface area (TPSA) is 104 Å². The number of carbonyl (C=O) groups excluding carboxylic acids is 2. The first-order valence-electron chi connectivity index (χ1n) is 8.81. The molecular weight excluding hydrogens is 334 g/mol. The molecule has 3 amide bonds. The van der Waals surface area contributed by atoms with Gasteiger partial charge in [-0.3, -0.25) is 4.79 Å². The first kappa shape index (κ1) is 21.4. The van der Waals surface area contributed by atoms with E-state index in [-0.39, 0.29) is 24.6 Å². The van der Waals surface area contributed by atoms with Crippen LogP contribution in [-0.2, 0) is 11.2 Å². The molecule has 0 bridgehead atoms. The minimum absolute atomic E-state index is 0.00186. The normalized spacial score (nSPS) is 11.8. The smallest absolute Gasteiger partial charge is 0.335 e. The molecule has 0 heterocycles. The minimum Gasteiger partial charge on any atom is -0.484 e. The zero-order valence-corrected chi connectivity index (χ0v) is 15.7. The fraction of sp³-hybridized carbons (Fsp3) is 0.500. The molecule has 1 aromatic rings. The lowest BCUT2D eigenvalue weighted by Crippen LogP contribution is -2.35. The van der Waals surface area contributed by atoms with E-state index in [0.29, 0.717) is 25.3 Å². The average molecular weight is 363 g/mol. The van der Waals surface area contributed by atoms with Crippen molar-refractivity contribution in [3.05, 3.63) is 29.8 Å². The second-order valence-electron chi connectivity index (χ2n) is 5.59. The third kappa shape index (κ3) is 9.03. The zero-order valence-electron chi connectivity index (χ0n) is 15.7. The molecule has 0 spiro atoms. The Hall–Kier alpha value is -2.61. The van der Waals surface area contributed by atoms with E-state index < -0.39 is 0 Å². The van der Waals surface area contributed by atoms with Crippen molar-refractivity contribution in [3.63, 3.8) is 0 Å². The summed E-state index contributed by atoms with van der Waals surface area (Å²) in [5.41, 5.74) is 3.49. The van der Waals surface area contributed by atoms with E-state index in [1.54, 1.807) is 6.21 Å². The van der Waals surface area contributed by atoms with Crippen molar-refractivity contribution in [3.8, 4) is 5.75 Å². The monoisotopic (exact) mass is 363 g/mol. The molecule has 0 aromatic heterocycles. The Morgan fingerprint density at radius 1 is 1.19 bits per heavy atom. The van der Waals surface area contributed by atoms with Crippen LogP contribution in [0.3, 0.4) is 0 Å². The number of urea groups is 1. The lowest BCUT2D eigenvalue weighted by molar-refractivity contribution is -0.122. The summed E-state index contributed by atoms with van der Waals surface area (Å²) in [7, 11) is 1.84. The SMILES string of the molecule is CCNC(=O)COc1ccc(CCNC(=O)N/N=C\C(CC)NC)cc1. The van der Waals surface area contributed by atoms with Gasteiger partial charge in [-0.2, -0.15) is 5.10 Å². The molecule has 0 aliphatic heterocycles. The number of hydrazone groups is 1. The first-order valence-corrected chi connectivity index (χ1v) is 8.81. The van der Waals surface area contributed by atoms with Gasteiger partial charge < -0.3 is 20.7 Å². The Labute approximate surface area is 154 Å². The predicted octanol–water partition coefficient (Wildman–Crippen LogP) is 1.03. The van der Waals surface area contributed by atoms with Crippen LogP contribution in [0.1, 0.15) is 25.8 Å². The molecule has 0 fully saturated rings. The lowest BCUT2D eigenvalue weighted by atomic mass is 10.1. The molecule has 8 nitrogen and oxygen atoms in total. The lowest BCUT2D eigenvalue weighted by Gasteiger charge is -2.08. The number of hydrogen-bond acceptors (Lipinski definition) is 5. The van der Waals surface area contributed by atoms with Gasteiger partial charge in [-0.15, -0.1) is 0 Å². The standard InChI is InChI=1S/C18H29N5O3/c1-4-15(19-3)12-22-23-18(25)21-11-10-14-6-8-16(9-7-14)26-13-17(24)20-5-2/h6-9,12,15,19H,4-5,10-11,13H2,1-3H3,(H,20,24)(H2,21,23,25)/b22-12-. The van der Waals surface area contributed by atoms with E-state index in [9.17, 15) is 9.59 Å². The fourth-order valence-electron chi connectivity index (χ4n) is 2.08. The van der Waals surface area contributed by atoms with Crippen molar-refractivity contribution >= 4 is 18.2 Å². The molecule has 0 saturated carbocycles. The third-order valence-electron chi connectivity index (χ3n) is 3.60. The van der Waals surface area contributed by atoms with Gasteiger partial charge in [0.15, 0.2) is 6.61 Å². The molecule has 0 radical (unpaired) electrons. The Morgan fingerprint density at radius 2 is 1.92 bits per heavy atom. The van der Waals surface area contributed by atoms with Crippen LogP contribution >= 0.6 is 0 Å². The second-order valence-corrected chi connectivity index (χ2v) is 5.59. The molecule has 26 heavy (non-hydrogen) atoms. The van der Waals surface area contributed by atoms with Gasteiger partial charge in [0, 0.05) is 25.3 Å². The van der Waals surface area contributed by atoms with Crippen molar-refractivity contribution < 1.29 is 14.3 Å². The molecule has 1 rings (SSSR count). The van der Waals surface area contributed by atoms with Gasteiger partial charge in [0.2, 0.25) is 0 Å². The summed E-state index contributed by atoms with van der Waals surface area (Å²) in [5, 5.41) is 12.4. The minimum atomic E-state index is -0.339. The third-order valence-corrected chi connectivity index (χ3v) is 3.60. The maximum Gasteiger partial charge on any atom is 0.335 e. The number of nitrogens with one attached hydrogen (secondary N) is 4. The van der Waals surface area contributed by atoms with Crippen LogP contribution in [0.4, 0.5) is 4.79 Å². The number of ether oxygens (including phenoxy) is 1. The van der Waals surface area contributed by atoms with Crippen LogP contribution in [0, 0.1) is 0 Å². The number of likely N-dealkylation sites (N-methyl/N-ethyl adjacent to an activating group) is 1. The number of nitrogens with zero attached hydrogens (tertiary/aromatic N) is 1. The van der Waals surface area contributed by atoms with Gasteiger partial charge in [-0.05, 0) is 44.5 Å². The maximum atomic E-state index is 11.6. The van der Waals surface area contributed by atoms with Crippen molar-refractivity contribution in [2.75, 3.05) is 26.7 Å². The maximum absolute atomic E-state index is 11.6. The molecule has 1 atom stereocenters. The van der Waals surface area contributed by atoms with Crippen molar-refractivity contribution in [1.82, 2.24) is 21.4 Å². The van der Waals surface area contributed by atoms with Crippen molar-refractivity contribution in [1.29, 1.82) is 0 Å². The van der Waals surface area contributed by atoms with Crippen LogP contribution in [0.2, 0.25) is 0 Å². The molecule has 1 unspecified atom stereocenters. The van der Waals surface area contributed by atoms with Crippen molar-refractivity contribution in [2.24, 2.45) is 5.10 Å². The molecule has 0 aliphatic carbocycles. The molecule has 0 aliphatic rings. The Morgan fingerprint density at radius 3 is 2.54 bits per heavy atom. The average Bonchev–Trinajstić information content (AvgIpc) is 2.65. The number of hydrogen-bond donors (Lipinski definition) is 4. The molecule has 1 aromatic carbocycles. The van der Waals surface area contributed by atoms with Gasteiger partial charge in [0.05, 0.1) is 0 Å². The van der Waals surface area contributed by atoms with E-state index >= 15 is 0 Å². The largest absolute Gasteiger partial charge is 0.484 e. The number of rotatable bonds is 11. The Kier molecular flexibility index (Phi) is 10.5. The highest BCUT2D eigenvalue weighted by atomic mass is 16.5. The Bertz CT molecular complexity index is 571. The number of amides is 3. The zero-order chi connectivity index (χ0) is 19.2. The highest BCUT2D eigenvalue weighted by Crippen LogP contribution is 2.12. The van der Waals surface area contributed by atoms with E-state index in [1.165, 1.54) is 0 Å². The quantitative estimate of drug-likeness (QED) is 0.348. The molecule has 8 heteroatoms. The first-order chi connectivity index (χ1) is 12.6. The summed E-state index contributed by atoms with van der Waals surface area (Å²) in [6.45, 7) is 4.97. The highest BCUT2D eigenvalue weighted by Gasteiger charge is 2.02. The van der Waals surface area contributed by atoms with Crippen LogP contribution in [0.5, 0.6) is 5.75 Å². The van der Waals surface area contributed by atoms with E-state index in [1.807, 2.05) is 45.2 Å². The van der Waals surface area contributed by atoms with Gasteiger partial charge in [-0.1, -0.05) is 19.1 Å². The highest BCUT2D eigenvalue weighted by molar-refractivity contribution is 5.77. The van der Waals surface area contributed by atoms with Crippen molar-refractivity contribution in [2.45, 2.75) is 32.7 Å². The van der Waals surface area contributed by atoms with E-state index in [2.05, 4.69) is 26.5 Å². The molecule has 4 N–H and O–H groups in total. The molecular formula is C18H29N5O3. The van der Waals surface area contributed by atoms with Gasteiger partial charge in [-0.25, -0.2) is 10.2 Å². The second kappa shape index (κ2) is 12.7. The summed E-state index contributed by atoms with van der Waals surface area (Å²) in [4.78, 5) is 23.0. The summed E-state index contributed by atoms with van der Waals surface area (Å²) in [5.74, 6) is 0.490. The van der Waals surface area contributed by atoms with Gasteiger partial charge >= 0.3 is 6.03 Å². The molecule has 0 saturated heterocycles. The van der Waals surface area contributed by atoms with E-state index in [4.69, 9.17) is 4.74 Å². The summed E-state index contributed by atoms with van der Waals surface area (Å²) in [6, 6.07) is 7.23. The van der Waals surface area contributed by atoms with Gasteiger partial charge in [0.1, 0.15) is 5.75 Å².